The van der Waals surface area contributed by atoms with Gasteiger partial charge in [-0.05, 0) is 38.0 Å². The van der Waals surface area contributed by atoms with Gasteiger partial charge in [0.25, 0.3) is 0 Å². The average Bonchev–Trinajstić information content (AvgIpc) is 2.86. The first-order valence-corrected chi connectivity index (χ1v) is 8.84. The van der Waals surface area contributed by atoms with Gasteiger partial charge >= 0.3 is 5.97 Å². The molecule has 0 aromatic carbocycles. The molecule has 1 aliphatic heterocycles. The summed E-state index contributed by atoms with van der Waals surface area (Å²) >= 11 is 0. The maximum atomic E-state index is 12.6. The van der Waals surface area contributed by atoms with Gasteiger partial charge in [0, 0.05) is 19.1 Å². The van der Waals surface area contributed by atoms with Gasteiger partial charge in [-0.15, -0.1) is 0 Å². The van der Waals surface area contributed by atoms with Gasteiger partial charge in [-0.25, -0.2) is 0 Å². The van der Waals surface area contributed by atoms with E-state index >= 15 is 0 Å². The van der Waals surface area contributed by atoms with Crippen molar-refractivity contribution in [2.75, 3.05) is 19.6 Å². The van der Waals surface area contributed by atoms with Crippen molar-refractivity contribution in [3.63, 3.8) is 0 Å². The monoisotopic (exact) mass is 310 g/mol. The van der Waals surface area contributed by atoms with Crippen molar-refractivity contribution in [2.45, 2.75) is 70.9 Å². The molecule has 2 rings (SSSR count). The summed E-state index contributed by atoms with van der Waals surface area (Å²) < 4.78 is 0. The number of carboxylic acid groups (broad SMARTS) is 1. The molecule has 2 fully saturated rings. The number of hydrogen-bond donors (Lipinski definition) is 1. The lowest BCUT2D eigenvalue weighted by molar-refractivity contribution is -0.144. The van der Waals surface area contributed by atoms with Crippen LogP contribution in [0.4, 0.5) is 0 Å². The van der Waals surface area contributed by atoms with Crippen molar-refractivity contribution < 1.29 is 14.7 Å². The summed E-state index contributed by atoms with van der Waals surface area (Å²) in [5, 5.41) is 9.52. The fraction of sp³-hybridized carbons (Fsp3) is 0.882. The molecule has 1 N–H and O–H groups in total. The van der Waals surface area contributed by atoms with E-state index in [1.165, 1.54) is 6.42 Å². The third kappa shape index (κ3) is 3.80. The molecule has 0 radical (unpaired) electrons. The molecular weight excluding hydrogens is 280 g/mol. The Labute approximate surface area is 133 Å². The zero-order valence-electron chi connectivity index (χ0n) is 14.0. The Morgan fingerprint density at radius 1 is 1.14 bits per heavy atom. The Morgan fingerprint density at radius 3 is 2.36 bits per heavy atom. The Bertz CT molecular complexity index is 393. The van der Waals surface area contributed by atoms with E-state index in [-0.39, 0.29) is 12.5 Å². The van der Waals surface area contributed by atoms with Crippen LogP contribution < -0.4 is 0 Å². The summed E-state index contributed by atoms with van der Waals surface area (Å²) in [6.07, 6.45) is 7.13. The van der Waals surface area contributed by atoms with E-state index in [0.29, 0.717) is 12.0 Å². The van der Waals surface area contributed by atoms with Crippen LogP contribution in [-0.2, 0) is 9.59 Å². The van der Waals surface area contributed by atoms with E-state index in [1.807, 2.05) is 9.80 Å². The summed E-state index contributed by atoms with van der Waals surface area (Å²) in [7, 11) is 0. The zero-order chi connectivity index (χ0) is 16.1. The van der Waals surface area contributed by atoms with Crippen molar-refractivity contribution in [2.24, 2.45) is 5.92 Å². The SMILES string of the molecule is CCCN(CCC)C(=O)CN1[C@H](C(=O)O)C[C@@H]2CCCC[C@@H]21. The van der Waals surface area contributed by atoms with Crippen molar-refractivity contribution in [3.8, 4) is 0 Å². The number of rotatable bonds is 7. The highest BCUT2D eigenvalue weighted by molar-refractivity contribution is 5.80. The molecule has 126 valence electrons. The van der Waals surface area contributed by atoms with Gasteiger partial charge < -0.3 is 10.0 Å². The number of carbonyl (C=O) groups excluding carboxylic acids is 1. The molecule has 22 heavy (non-hydrogen) atoms. The molecule has 0 unspecified atom stereocenters. The molecule has 1 saturated carbocycles. The van der Waals surface area contributed by atoms with Crippen LogP contribution in [0.1, 0.15) is 58.8 Å². The van der Waals surface area contributed by atoms with Gasteiger partial charge in [0.1, 0.15) is 6.04 Å². The second-order valence-corrected chi connectivity index (χ2v) is 6.75. The summed E-state index contributed by atoms with van der Waals surface area (Å²) in [5.41, 5.74) is 0. The number of likely N-dealkylation sites (tertiary alicyclic amines) is 1. The standard InChI is InChI=1S/C17H30N2O3/c1-3-9-18(10-4-2)16(20)12-19-14-8-6-5-7-13(14)11-15(19)17(21)22/h13-15H,3-12H2,1-2H3,(H,21,22)/t13-,14-,15-/m0/s1. The lowest BCUT2D eigenvalue weighted by Gasteiger charge is -2.34. The third-order valence-electron chi connectivity index (χ3n) is 5.16. The number of fused-ring (bicyclic) bond motifs is 1. The van der Waals surface area contributed by atoms with Crippen LogP contribution in [0.5, 0.6) is 0 Å². The van der Waals surface area contributed by atoms with Crippen LogP contribution >= 0.6 is 0 Å². The molecule has 1 saturated heterocycles. The first kappa shape index (κ1) is 17.3. The Balaban J connectivity index is 2.06. The quantitative estimate of drug-likeness (QED) is 0.784. The molecule has 5 nitrogen and oxygen atoms in total. The Hall–Kier alpha value is -1.10. The van der Waals surface area contributed by atoms with Crippen LogP contribution in [0.2, 0.25) is 0 Å². The Kier molecular flexibility index (Phi) is 6.24. The lowest BCUT2D eigenvalue weighted by atomic mass is 9.85. The molecule has 0 aromatic heterocycles. The summed E-state index contributed by atoms with van der Waals surface area (Å²) in [4.78, 5) is 28.1. The molecular formula is C17H30N2O3. The minimum absolute atomic E-state index is 0.0983. The van der Waals surface area contributed by atoms with Crippen molar-refractivity contribution in [3.05, 3.63) is 0 Å². The number of amides is 1. The van der Waals surface area contributed by atoms with Crippen LogP contribution in [-0.4, -0.2) is 58.5 Å². The minimum atomic E-state index is -0.764. The van der Waals surface area contributed by atoms with Gasteiger partial charge in [0.05, 0.1) is 6.54 Å². The predicted octanol–water partition coefficient (Wildman–Crippen LogP) is 2.35. The molecule has 1 amide bonds. The first-order chi connectivity index (χ1) is 10.6. The van der Waals surface area contributed by atoms with Crippen LogP contribution in [0.3, 0.4) is 0 Å². The third-order valence-corrected chi connectivity index (χ3v) is 5.16. The fourth-order valence-corrected chi connectivity index (χ4v) is 4.18. The van der Waals surface area contributed by atoms with Crippen molar-refractivity contribution in [1.82, 2.24) is 9.80 Å². The predicted molar refractivity (Wildman–Crippen MR) is 85.7 cm³/mol. The highest BCUT2D eigenvalue weighted by Gasteiger charge is 2.45. The number of aliphatic carboxylic acids is 1. The summed E-state index contributed by atoms with van der Waals surface area (Å²) in [6.45, 7) is 5.96. The average molecular weight is 310 g/mol. The van der Waals surface area contributed by atoms with E-state index in [1.54, 1.807) is 0 Å². The van der Waals surface area contributed by atoms with Gasteiger partial charge in [-0.2, -0.15) is 0 Å². The second kappa shape index (κ2) is 7.95. The van der Waals surface area contributed by atoms with Crippen LogP contribution in [0.25, 0.3) is 0 Å². The molecule has 0 aromatic rings. The zero-order valence-corrected chi connectivity index (χ0v) is 14.0. The summed E-state index contributed by atoms with van der Waals surface area (Å²) in [5.74, 6) is -0.200. The topological polar surface area (TPSA) is 60.9 Å². The van der Waals surface area contributed by atoms with Gasteiger partial charge in [-0.1, -0.05) is 26.7 Å². The van der Waals surface area contributed by atoms with Gasteiger partial charge in [-0.3, -0.25) is 14.5 Å². The minimum Gasteiger partial charge on any atom is -0.480 e. The molecule has 0 spiro atoms. The Morgan fingerprint density at radius 2 is 1.77 bits per heavy atom. The highest BCUT2D eigenvalue weighted by Crippen LogP contribution is 2.39. The molecule has 1 heterocycles. The van der Waals surface area contributed by atoms with Crippen molar-refractivity contribution >= 4 is 11.9 Å². The van der Waals surface area contributed by atoms with Crippen molar-refractivity contribution in [1.29, 1.82) is 0 Å². The molecule has 1 aliphatic carbocycles. The van der Waals surface area contributed by atoms with Crippen LogP contribution in [0, 0.1) is 5.92 Å². The lowest BCUT2D eigenvalue weighted by Crippen LogP contribution is -2.48. The fourth-order valence-electron chi connectivity index (χ4n) is 4.18. The largest absolute Gasteiger partial charge is 0.480 e. The van der Waals surface area contributed by atoms with E-state index in [2.05, 4.69) is 13.8 Å². The molecule has 0 bridgehead atoms. The molecule has 3 atom stereocenters. The van der Waals surface area contributed by atoms with Crippen LogP contribution in [0.15, 0.2) is 0 Å². The van der Waals surface area contributed by atoms with E-state index in [0.717, 1.165) is 51.6 Å². The summed E-state index contributed by atoms with van der Waals surface area (Å²) in [6, 6.07) is -0.175. The molecule has 2 aliphatic rings. The number of carbonyl (C=O) groups is 2. The van der Waals surface area contributed by atoms with Gasteiger partial charge in [0.2, 0.25) is 5.91 Å². The number of nitrogens with zero attached hydrogens (tertiary/aromatic N) is 2. The molecule has 5 heteroatoms. The normalized spacial score (nSPS) is 28.4. The first-order valence-electron chi connectivity index (χ1n) is 8.84. The maximum absolute atomic E-state index is 12.6. The van der Waals surface area contributed by atoms with E-state index < -0.39 is 12.0 Å². The highest BCUT2D eigenvalue weighted by atomic mass is 16.4. The number of carboxylic acids is 1. The van der Waals surface area contributed by atoms with E-state index in [9.17, 15) is 14.7 Å². The smallest absolute Gasteiger partial charge is 0.320 e. The second-order valence-electron chi connectivity index (χ2n) is 6.75. The van der Waals surface area contributed by atoms with Gasteiger partial charge in [0.15, 0.2) is 0 Å². The number of hydrogen-bond acceptors (Lipinski definition) is 3. The maximum Gasteiger partial charge on any atom is 0.320 e. The van der Waals surface area contributed by atoms with E-state index in [4.69, 9.17) is 0 Å².